The van der Waals surface area contributed by atoms with E-state index in [2.05, 4.69) is 12.1 Å². The molecular weight excluding hydrogens is 218 g/mol. The van der Waals surface area contributed by atoms with Crippen molar-refractivity contribution in [1.29, 1.82) is 0 Å². The number of rotatable bonds is 6. The van der Waals surface area contributed by atoms with Crippen LogP contribution in [0.4, 0.5) is 5.69 Å². The SMILES string of the molecule is Nc1ccc(CCCCCC2CCCCC2)cc1. The van der Waals surface area contributed by atoms with Gasteiger partial charge in [0.25, 0.3) is 0 Å². The summed E-state index contributed by atoms with van der Waals surface area (Å²) in [6.45, 7) is 0. The summed E-state index contributed by atoms with van der Waals surface area (Å²) in [6.07, 6.45) is 14.3. The van der Waals surface area contributed by atoms with Gasteiger partial charge in [0.15, 0.2) is 0 Å². The molecule has 2 rings (SSSR count). The van der Waals surface area contributed by atoms with Crippen molar-refractivity contribution in [3.05, 3.63) is 29.8 Å². The Labute approximate surface area is 112 Å². The highest BCUT2D eigenvalue weighted by Gasteiger charge is 2.12. The summed E-state index contributed by atoms with van der Waals surface area (Å²) in [5.41, 5.74) is 7.99. The molecule has 0 aromatic heterocycles. The summed E-state index contributed by atoms with van der Waals surface area (Å²) in [7, 11) is 0. The predicted octanol–water partition coefficient (Wildman–Crippen LogP) is 4.95. The lowest BCUT2D eigenvalue weighted by Gasteiger charge is -2.21. The zero-order valence-electron chi connectivity index (χ0n) is 11.5. The Bertz CT molecular complexity index is 322. The molecule has 1 saturated carbocycles. The zero-order valence-corrected chi connectivity index (χ0v) is 11.5. The topological polar surface area (TPSA) is 26.0 Å². The molecule has 0 heterocycles. The quantitative estimate of drug-likeness (QED) is 0.557. The van der Waals surface area contributed by atoms with Crippen LogP contribution in [-0.2, 0) is 6.42 Å². The Kier molecular flexibility index (Phi) is 5.57. The van der Waals surface area contributed by atoms with Crippen LogP contribution in [0.25, 0.3) is 0 Å². The molecule has 0 aliphatic heterocycles. The van der Waals surface area contributed by atoms with Crippen LogP contribution >= 0.6 is 0 Å². The van der Waals surface area contributed by atoms with Gasteiger partial charge in [-0.05, 0) is 36.5 Å². The van der Waals surface area contributed by atoms with Crippen molar-refractivity contribution >= 4 is 5.69 Å². The molecule has 1 fully saturated rings. The van der Waals surface area contributed by atoms with Gasteiger partial charge >= 0.3 is 0 Å². The largest absolute Gasteiger partial charge is 0.399 e. The summed E-state index contributed by atoms with van der Waals surface area (Å²) < 4.78 is 0. The predicted molar refractivity (Wildman–Crippen MR) is 79.6 cm³/mol. The van der Waals surface area contributed by atoms with Gasteiger partial charge in [-0.3, -0.25) is 0 Å². The fraction of sp³-hybridized carbons (Fsp3) is 0.647. The lowest BCUT2D eigenvalue weighted by atomic mass is 9.85. The molecule has 1 aromatic rings. The number of unbranched alkanes of at least 4 members (excludes halogenated alkanes) is 2. The first-order chi connectivity index (χ1) is 8.84. The Balaban J connectivity index is 1.54. The molecule has 0 atom stereocenters. The fourth-order valence-corrected chi connectivity index (χ4v) is 3.10. The van der Waals surface area contributed by atoms with E-state index in [0.717, 1.165) is 11.6 Å². The number of hydrogen-bond acceptors (Lipinski definition) is 1. The minimum Gasteiger partial charge on any atom is -0.399 e. The van der Waals surface area contributed by atoms with E-state index in [1.165, 1.54) is 69.8 Å². The van der Waals surface area contributed by atoms with Crippen LogP contribution in [-0.4, -0.2) is 0 Å². The molecule has 1 aromatic carbocycles. The smallest absolute Gasteiger partial charge is 0.0314 e. The number of hydrogen-bond donors (Lipinski definition) is 1. The molecule has 0 saturated heterocycles. The van der Waals surface area contributed by atoms with Gasteiger partial charge in [-0.25, -0.2) is 0 Å². The Hall–Kier alpha value is -0.980. The number of nitrogen functional groups attached to an aromatic ring is 1. The summed E-state index contributed by atoms with van der Waals surface area (Å²) in [5.74, 6) is 1.05. The van der Waals surface area contributed by atoms with E-state index < -0.39 is 0 Å². The number of benzene rings is 1. The normalized spacial score (nSPS) is 16.9. The molecule has 1 aliphatic carbocycles. The van der Waals surface area contributed by atoms with Crippen molar-refractivity contribution in [2.75, 3.05) is 5.73 Å². The summed E-state index contributed by atoms with van der Waals surface area (Å²) in [5, 5.41) is 0. The number of aryl methyl sites for hydroxylation is 1. The Morgan fingerprint density at radius 2 is 1.61 bits per heavy atom. The van der Waals surface area contributed by atoms with Crippen LogP contribution in [0.3, 0.4) is 0 Å². The molecule has 0 bridgehead atoms. The highest BCUT2D eigenvalue weighted by molar-refractivity contribution is 5.39. The van der Waals surface area contributed by atoms with Crippen molar-refractivity contribution < 1.29 is 0 Å². The van der Waals surface area contributed by atoms with Gasteiger partial charge in [0, 0.05) is 5.69 Å². The first kappa shape index (κ1) is 13.5. The van der Waals surface area contributed by atoms with Crippen LogP contribution in [0, 0.1) is 5.92 Å². The second kappa shape index (κ2) is 7.45. The maximum absolute atomic E-state index is 5.69. The lowest BCUT2D eigenvalue weighted by molar-refractivity contribution is 0.328. The van der Waals surface area contributed by atoms with Crippen molar-refractivity contribution in [2.45, 2.75) is 64.2 Å². The third-order valence-corrected chi connectivity index (χ3v) is 4.28. The molecule has 1 nitrogen and oxygen atoms in total. The van der Waals surface area contributed by atoms with Gasteiger partial charge in [-0.15, -0.1) is 0 Å². The molecular formula is C17H27N. The van der Waals surface area contributed by atoms with E-state index in [1.54, 1.807) is 0 Å². The van der Waals surface area contributed by atoms with E-state index in [1.807, 2.05) is 12.1 Å². The third kappa shape index (κ3) is 4.72. The maximum atomic E-state index is 5.69. The fourth-order valence-electron chi connectivity index (χ4n) is 3.10. The van der Waals surface area contributed by atoms with Crippen molar-refractivity contribution in [2.24, 2.45) is 5.92 Å². The molecule has 1 heteroatoms. The average molecular weight is 245 g/mol. The highest BCUT2D eigenvalue weighted by Crippen LogP contribution is 2.28. The van der Waals surface area contributed by atoms with Crippen LogP contribution in [0.5, 0.6) is 0 Å². The second-order valence-corrected chi connectivity index (χ2v) is 5.84. The molecule has 18 heavy (non-hydrogen) atoms. The van der Waals surface area contributed by atoms with Crippen LogP contribution in [0.1, 0.15) is 63.4 Å². The first-order valence-corrected chi connectivity index (χ1v) is 7.69. The average Bonchev–Trinajstić information content (AvgIpc) is 2.42. The number of nitrogens with two attached hydrogens (primary N) is 1. The van der Waals surface area contributed by atoms with Crippen LogP contribution < -0.4 is 5.73 Å². The Morgan fingerprint density at radius 1 is 0.889 bits per heavy atom. The monoisotopic (exact) mass is 245 g/mol. The van der Waals surface area contributed by atoms with E-state index in [4.69, 9.17) is 5.73 Å². The minimum atomic E-state index is 0.871. The van der Waals surface area contributed by atoms with Gasteiger partial charge in [0.05, 0.1) is 0 Å². The van der Waals surface area contributed by atoms with Gasteiger partial charge in [-0.2, -0.15) is 0 Å². The summed E-state index contributed by atoms with van der Waals surface area (Å²) in [6, 6.07) is 8.35. The van der Waals surface area contributed by atoms with Crippen LogP contribution in [0.15, 0.2) is 24.3 Å². The molecule has 0 amide bonds. The molecule has 0 unspecified atom stereocenters. The van der Waals surface area contributed by atoms with Crippen LogP contribution in [0.2, 0.25) is 0 Å². The molecule has 100 valence electrons. The zero-order chi connectivity index (χ0) is 12.6. The second-order valence-electron chi connectivity index (χ2n) is 5.84. The van der Waals surface area contributed by atoms with Crippen molar-refractivity contribution in [3.63, 3.8) is 0 Å². The third-order valence-electron chi connectivity index (χ3n) is 4.28. The lowest BCUT2D eigenvalue weighted by Crippen LogP contribution is -2.05. The van der Waals surface area contributed by atoms with E-state index >= 15 is 0 Å². The summed E-state index contributed by atoms with van der Waals surface area (Å²) in [4.78, 5) is 0. The van der Waals surface area contributed by atoms with E-state index in [-0.39, 0.29) is 0 Å². The van der Waals surface area contributed by atoms with Crippen molar-refractivity contribution in [1.82, 2.24) is 0 Å². The van der Waals surface area contributed by atoms with E-state index in [9.17, 15) is 0 Å². The summed E-state index contributed by atoms with van der Waals surface area (Å²) >= 11 is 0. The van der Waals surface area contributed by atoms with E-state index in [0.29, 0.717) is 0 Å². The van der Waals surface area contributed by atoms with Gasteiger partial charge in [-0.1, -0.05) is 63.5 Å². The number of anilines is 1. The van der Waals surface area contributed by atoms with Gasteiger partial charge in [0.2, 0.25) is 0 Å². The molecule has 0 radical (unpaired) electrons. The highest BCUT2D eigenvalue weighted by atomic mass is 14.5. The standard InChI is InChI=1S/C17H27N/c18-17-13-11-16(12-14-17)10-6-2-5-9-15-7-3-1-4-8-15/h11-15H,1-10,18H2. The van der Waals surface area contributed by atoms with Crippen molar-refractivity contribution in [3.8, 4) is 0 Å². The Morgan fingerprint density at radius 3 is 2.33 bits per heavy atom. The first-order valence-electron chi connectivity index (χ1n) is 7.69. The van der Waals surface area contributed by atoms with Gasteiger partial charge in [0.1, 0.15) is 0 Å². The minimum absolute atomic E-state index is 0.871. The molecule has 1 aliphatic rings. The molecule has 0 spiro atoms. The maximum Gasteiger partial charge on any atom is 0.0314 e. The van der Waals surface area contributed by atoms with Gasteiger partial charge < -0.3 is 5.73 Å². The molecule has 2 N–H and O–H groups in total.